The van der Waals surface area contributed by atoms with Crippen LogP contribution in [0, 0.1) is 5.82 Å². The Kier molecular flexibility index (Phi) is 4.32. The molecule has 0 bridgehead atoms. The highest BCUT2D eigenvalue weighted by molar-refractivity contribution is 7.89. The van der Waals surface area contributed by atoms with E-state index in [4.69, 9.17) is 0 Å². The smallest absolute Gasteiger partial charge is 0.276 e. The van der Waals surface area contributed by atoms with Crippen molar-refractivity contribution in [3.63, 3.8) is 0 Å². The van der Waals surface area contributed by atoms with Crippen LogP contribution < -0.4 is 4.83 Å². The number of benzene rings is 2. The minimum Gasteiger partial charge on any atom is -0.508 e. The molecule has 0 unspecified atom stereocenters. The lowest BCUT2D eigenvalue weighted by Crippen LogP contribution is -2.20. The van der Waals surface area contributed by atoms with E-state index in [2.05, 4.69) is 5.10 Å². The number of rotatable bonds is 4. The van der Waals surface area contributed by atoms with Crippen molar-refractivity contribution in [2.75, 3.05) is 0 Å². The Bertz CT molecular complexity index is 817. The van der Waals surface area contributed by atoms with E-state index >= 15 is 0 Å². The lowest BCUT2D eigenvalue weighted by Gasteiger charge is -2.07. The van der Waals surface area contributed by atoms with Gasteiger partial charge in [0.15, 0.2) is 0 Å². The van der Waals surface area contributed by atoms with Crippen LogP contribution in [0.15, 0.2) is 52.5 Å². The second-order valence-corrected chi connectivity index (χ2v) is 6.11. The first-order valence-electron chi connectivity index (χ1n) is 6.13. The SMILES string of the molecule is CC(=NNS(=O)(=O)c1ccc(F)cc1)c1ccc(O)cc1O. The van der Waals surface area contributed by atoms with Gasteiger partial charge in [-0.05, 0) is 43.3 Å². The van der Waals surface area contributed by atoms with Gasteiger partial charge in [-0.25, -0.2) is 4.39 Å². The van der Waals surface area contributed by atoms with Crippen molar-refractivity contribution in [1.29, 1.82) is 0 Å². The molecule has 0 spiro atoms. The van der Waals surface area contributed by atoms with Crippen LogP contribution in [0.25, 0.3) is 0 Å². The van der Waals surface area contributed by atoms with Gasteiger partial charge in [0.2, 0.25) is 0 Å². The molecule has 3 N–H and O–H groups in total. The number of phenols is 2. The van der Waals surface area contributed by atoms with E-state index in [1.807, 2.05) is 4.83 Å². The van der Waals surface area contributed by atoms with Crippen LogP contribution in [0.2, 0.25) is 0 Å². The lowest BCUT2D eigenvalue weighted by atomic mass is 10.1. The van der Waals surface area contributed by atoms with Crippen LogP contribution in [0.1, 0.15) is 12.5 Å². The van der Waals surface area contributed by atoms with Crippen molar-refractivity contribution in [3.05, 3.63) is 53.8 Å². The fourth-order valence-corrected chi connectivity index (χ4v) is 2.54. The van der Waals surface area contributed by atoms with Gasteiger partial charge in [-0.15, -0.1) is 0 Å². The molecule has 116 valence electrons. The molecule has 0 radical (unpaired) electrons. The van der Waals surface area contributed by atoms with Crippen LogP contribution >= 0.6 is 0 Å². The summed E-state index contributed by atoms with van der Waals surface area (Å²) >= 11 is 0. The van der Waals surface area contributed by atoms with Gasteiger partial charge in [-0.3, -0.25) is 0 Å². The van der Waals surface area contributed by atoms with Crippen molar-refractivity contribution >= 4 is 15.7 Å². The van der Waals surface area contributed by atoms with Crippen LogP contribution in [0.4, 0.5) is 4.39 Å². The predicted molar refractivity (Wildman–Crippen MR) is 78.7 cm³/mol. The summed E-state index contributed by atoms with van der Waals surface area (Å²) in [4.78, 5) is 1.86. The number of hydrogen-bond acceptors (Lipinski definition) is 5. The molecule has 0 aromatic heterocycles. The monoisotopic (exact) mass is 324 g/mol. The number of hydrogen-bond donors (Lipinski definition) is 3. The molecule has 0 saturated heterocycles. The van der Waals surface area contributed by atoms with Crippen molar-refractivity contribution in [1.82, 2.24) is 4.83 Å². The molecule has 0 aliphatic carbocycles. The number of aromatic hydroxyl groups is 2. The van der Waals surface area contributed by atoms with Gasteiger partial charge in [0.05, 0.1) is 10.6 Å². The summed E-state index contributed by atoms with van der Waals surface area (Å²) in [7, 11) is -3.94. The quantitative estimate of drug-likeness (QED) is 0.591. The van der Waals surface area contributed by atoms with Crippen molar-refractivity contribution in [3.8, 4) is 11.5 Å². The normalized spacial score (nSPS) is 12.2. The summed E-state index contributed by atoms with van der Waals surface area (Å²) in [5.41, 5.74) is 0.461. The Morgan fingerprint density at radius 3 is 2.36 bits per heavy atom. The highest BCUT2D eigenvalue weighted by Crippen LogP contribution is 2.23. The van der Waals surface area contributed by atoms with Gasteiger partial charge < -0.3 is 10.2 Å². The summed E-state index contributed by atoms with van der Waals surface area (Å²) in [5, 5.41) is 22.6. The second kappa shape index (κ2) is 6.02. The Hall–Kier alpha value is -2.61. The van der Waals surface area contributed by atoms with Crippen LogP contribution in [0.3, 0.4) is 0 Å². The molecule has 0 heterocycles. The van der Waals surface area contributed by atoms with E-state index in [0.29, 0.717) is 0 Å². The summed E-state index contributed by atoms with van der Waals surface area (Å²) in [5.74, 6) is -0.907. The van der Waals surface area contributed by atoms with E-state index in [1.165, 1.54) is 19.1 Å². The molecular formula is C14H13FN2O4S. The number of hydrazone groups is 1. The molecule has 8 heteroatoms. The number of nitrogens with zero attached hydrogens (tertiary/aromatic N) is 1. The maximum absolute atomic E-state index is 12.8. The predicted octanol–water partition coefficient (Wildman–Crippen LogP) is 1.94. The topological polar surface area (TPSA) is 99.0 Å². The minimum atomic E-state index is -3.94. The zero-order chi connectivity index (χ0) is 16.3. The fraction of sp³-hybridized carbons (Fsp3) is 0.0714. The summed E-state index contributed by atoms with van der Waals surface area (Å²) in [6, 6.07) is 8.12. The molecule has 22 heavy (non-hydrogen) atoms. The zero-order valence-electron chi connectivity index (χ0n) is 11.5. The van der Waals surface area contributed by atoms with Gasteiger partial charge >= 0.3 is 0 Å². The van der Waals surface area contributed by atoms with E-state index in [9.17, 15) is 23.0 Å². The molecule has 6 nitrogen and oxygen atoms in total. The highest BCUT2D eigenvalue weighted by atomic mass is 32.2. The first-order chi connectivity index (χ1) is 10.3. The zero-order valence-corrected chi connectivity index (χ0v) is 12.3. The van der Waals surface area contributed by atoms with Gasteiger partial charge in [-0.2, -0.15) is 18.4 Å². The van der Waals surface area contributed by atoms with Gasteiger partial charge in [0, 0.05) is 11.6 Å². The number of halogens is 1. The minimum absolute atomic E-state index is 0.124. The molecular weight excluding hydrogens is 311 g/mol. The van der Waals surface area contributed by atoms with Crippen molar-refractivity contribution in [2.24, 2.45) is 5.10 Å². The van der Waals surface area contributed by atoms with E-state index < -0.39 is 15.8 Å². The Labute approximate surface area is 126 Å². The molecule has 0 saturated carbocycles. The fourth-order valence-electron chi connectivity index (χ4n) is 1.68. The third-order valence-electron chi connectivity index (χ3n) is 2.83. The molecule has 0 atom stereocenters. The molecule has 2 rings (SSSR count). The maximum atomic E-state index is 12.8. The standard InChI is InChI=1S/C14H13FN2O4S/c1-9(13-7-4-11(18)8-14(13)19)16-17-22(20,21)12-5-2-10(15)3-6-12/h2-8,17-19H,1H3. The summed E-state index contributed by atoms with van der Waals surface area (Å²) in [6.45, 7) is 1.49. The summed E-state index contributed by atoms with van der Waals surface area (Å²) < 4.78 is 36.7. The number of sulfonamides is 1. The van der Waals surface area contributed by atoms with E-state index in [1.54, 1.807) is 0 Å². The Balaban J connectivity index is 2.24. The van der Waals surface area contributed by atoms with E-state index in [-0.39, 0.29) is 27.7 Å². The first-order valence-corrected chi connectivity index (χ1v) is 7.62. The highest BCUT2D eigenvalue weighted by Gasteiger charge is 2.13. The van der Waals surface area contributed by atoms with Crippen LogP contribution in [-0.2, 0) is 10.0 Å². The maximum Gasteiger partial charge on any atom is 0.276 e. The molecule has 0 amide bonds. The third-order valence-corrected chi connectivity index (χ3v) is 4.05. The lowest BCUT2D eigenvalue weighted by molar-refractivity contribution is 0.450. The Morgan fingerprint density at radius 1 is 1.14 bits per heavy atom. The second-order valence-electron chi connectivity index (χ2n) is 4.45. The largest absolute Gasteiger partial charge is 0.508 e. The van der Waals surface area contributed by atoms with Crippen LogP contribution in [0.5, 0.6) is 11.5 Å². The molecule has 0 aliphatic heterocycles. The van der Waals surface area contributed by atoms with Gasteiger partial charge in [0.1, 0.15) is 17.3 Å². The van der Waals surface area contributed by atoms with Gasteiger partial charge in [-0.1, -0.05) is 0 Å². The Morgan fingerprint density at radius 2 is 1.77 bits per heavy atom. The molecule has 0 fully saturated rings. The van der Waals surface area contributed by atoms with Crippen molar-refractivity contribution < 1.29 is 23.0 Å². The average molecular weight is 324 g/mol. The first kappa shape index (κ1) is 15.8. The van der Waals surface area contributed by atoms with Crippen LogP contribution in [-0.4, -0.2) is 24.3 Å². The summed E-state index contributed by atoms with van der Waals surface area (Å²) in [6.07, 6.45) is 0. The number of phenolic OH excluding ortho intramolecular Hbond substituents is 2. The van der Waals surface area contributed by atoms with Gasteiger partial charge in [0.25, 0.3) is 10.0 Å². The molecule has 2 aromatic rings. The molecule has 2 aromatic carbocycles. The van der Waals surface area contributed by atoms with E-state index in [0.717, 1.165) is 30.3 Å². The average Bonchev–Trinajstić information content (AvgIpc) is 2.45. The third kappa shape index (κ3) is 3.53. The molecule has 0 aliphatic rings. The van der Waals surface area contributed by atoms with Crippen molar-refractivity contribution in [2.45, 2.75) is 11.8 Å². The number of nitrogens with one attached hydrogen (secondary N) is 1.